The Labute approximate surface area is 133 Å². The number of benzene rings is 1. The van der Waals surface area contributed by atoms with Crippen molar-refractivity contribution in [2.24, 2.45) is 0 Å². The van der Waals surface area contributed by atoms with Crippen molar-refractivity contribution in [3.05, 3.63) is 43.0 Å². The Kier molecular flexibility index (Phi) is 5.34. The maximum absolute atomic E-state index is 12.4. The van der Waals surface area contributed by atoms with E-state index < -0.39 is 10.8 Å². The van der Waals surface area contributed by atoms with Gasteiger partial charge in [0, 0.05) is 23.2 Å². The van der Waals surface area contributed by atoms with Gasteiger partial charge in [0.1, 0.15) is 12.7 Å². The minimum absolute atomic E-state index is 0.475. The second kappa shape index (κ2) is 7.65. The molecule has 0 bridgehead atoms. The van der Waals surface area contributed by atoms with E-state index in [1.165, 1.54) is 19.3 Å². The molecule has 1 saturated heterocycles. The highest BCUT2D eigenvalue weighted by Crippen LogP contribution is 2.18. The van der Waals surface area contributed by atoms with Gasteiger partial charge in [0.15, 0.2) is 0 Å². The van der Waals surface area contributed by atoms with Crippen LogP contribution in [0, 0.1) is 0 Å². The van der Waals surface area contributed by atoms with E-state index in [0.717, 1.165) is 24.5 Å². The van der Waals surface area contributed by atoms with E-state index in [1.807, 2.05) is 35.0 Å². The molecule has 1 aliphatic heterocycles. The lowest BCUT2D eigenvalue weighted by atomic mass is 10.0. The molecule has 0 radical (unpaired) electrons. The summed E-state index contributed by atoms with van der Waals surface area (Å²) in [5.41, 5.74) is 0. The van der Waals surface area contributed by atoms with Crippen molar-refractivity contribution in [3.8, 4) is 0 Å². The Morgan fingerprint density at radius 1 is 1.23 bits per heavy atom. The van der Waals surface area contributed by atoms with Crippen molar-refractivity contribution in [2.75, 3.05) is 18.8 Å². The highest BCUT2D eigenvalue weighted by molar-refractivity contribution is 7.85. The maximum Gasteiger partial charge on any atom is 0.137 e. The first-order valence-corrected chi connectivity index (χ1v) is 9.15. The van der Waals surface area contributed by atoms with E-state index in [-0.39, 0.29) is 0 Å². The lowest BCUT2D eigenvalue weighted by molar-refractivity contribution is 0.138. The number of hydrogen-bond donors (Lipinski definition) is 0. The number of hydrogen-bond acceptors (Lipinski definition) is 4. The van der Waals surface area contributed by atoms with Gasteiger partial charge in [0.25, 0.3) is 0 Å². The van der Waals surface area contributed by atoms with Gasteiger partial charge in [-0.2, -0.15) is 5.10 Å². The summed E-state index contributed by atoms with van der Waals surface area (Å²) in [5.74, 6) is 0.692. The molecule has 1 aromatic heterocycles. The highest BCUT2D eigenvalue weighted by Gasteiger charge is 2.23. The van der Waals surface area contributed by atoms with Gasteiger partial charge in [-0.05, 0) is 31.5 Å². The Balaban J connectivity index is 1.56. The van der Waals surface area contributed by atoms with Crippen LogP contribution in [0.3, 0.4) is 0 Å². The molecule has 6 heteroatoms. The van der Waals surface area contributed by atoms with Crippen molar-refractivity contribution in [3.63, 3.8) is 0 Å². The van der Waals surface area contributed by atoms with Gasteiger partial charge in [0.2, 0.25) is 0 Å². The van der Waals surface area contributed by atoms with Gasteiger partial charge in [-0.3, -0.25) is 13.8 Å². The molecule has 0 spiro atoms. The first-order valence-electron chi connectivity index (χ1n) is 7.83. The Hall–Kier alpha value is -1.53. The molecule has 1 fully saturated rings. The Morgan fingerprint density at radius 2 is 2.09 bits per heavy atom. The van der Waals surface area contributed by atoms with Crippen LogP contribution in [0.15, 0.2) is 47.9 Å². The molecular weight excluding hydrogens is 296 g/mol. The van der Waals surface area contributed by atoms with Crippen LogP contribution in [0.5, 0.6) is 0 Å². The Morgan fingerprint density at radius 3 is 2.86 bits per heavy atom. The zero-order valence-corrected chi connectivity index (χ0v) is 13.5. The Bertz CT molecular complexity index is 587. The smallest absolute Gasteiger partial charge is 0.137 e. The molecule has 3 rings (SSSR count). The molecule has 0 aliphatic carbocycles. The van der Waals surface area contributed by atoms with Gasteiger partial charge in [0.05, 0.1) is 17.3 Å². The minimum atomic E-state index is -0.915. The second-order valence-corrected chi connectivity index (χ2v) is 7.24. The molecule has 0 N–H and O–H groups in total. The van der Waals surface area contributed by atoms with E-state index in [1.54, 1.807) is 12.7 Å². The predicted molar refractivity (Wildman–Crippen MR) is 87.0 cm³/mol. The van der Waals surface area contributed by atoms with Gasteiger partial charge in [-0.1, -0.05) is 24.6 Å². The topological polar surface area (TPSA) is 51.0 Å². The summed E-state index contributed by atoms with van der Waals surface area (Å²) in [6, 6.07) is 10.2. The van der Waals surface area contributed by atoms with Crippen molar-refractivity contribution in [2.45, 2.75) is 36.7 Å². The average Bonchev–Trinajstić information content (AvgIpc) is 3.07. The quantitative estimate of drug-likeness (QED) is 0.817. The summed E-state index contributed by atoms with van der Waals surface area (Å²) in [5, 5.41) is 4.21. The monoisotopic (exact) mass is 318 g/mol. The number of likely N-dealkylation sites (tertiary alicyclic amines) is 1. The lowest BCUT2D eigenvalue weighted by Gasteiger charge is -2.35. The van der Waals surface area contributed by atoms with Crippen LogP contribution in [-0.4, -0.2) is 48.8 Å². The fourth-order valence-electron chi connectivity index (χ4n) is 2.99. The molecule has 0 unspecified atom stereocenters. The molecule has 118 valence electrons. The molecule has 1 aliphatic rings. The third-order valence-corrected chi connectivity index (χ3v) is 5.53. The predicted octanol–water partition coefficient (Wildman–Crippen LogP) is 1.94. The van der Waals surface area contributed by atoms with Crippen LogP contribution in [0.4, 0.5) is 0 Å². The van der Waals surface area contributed by atoms with E-state index in [2.05, 4.69) is 15.0 Å². The van der Waals surface area contributed by atoms with Crippen LogP contribution in [0.1, 0.15) is 19.3 Å². The lowest BCUT2D eigenvalue weighted by Crippen LogP contribution is -2.44. The third-order valence-electron chi connectivity index (χ3n) is 4.18. The number of nitrogens with zero attached hydrogens (tertiary/aromatic N) is 4. The molecule has 0 saturated carbocycles. The van der Waals surface area contributed by atoms with Gasteiger partial charge >= 0.3 is 0 Å². The summed E-state index contributed by atoms with van der Waals surface area (Å²) in [6.07, 6.45) is 7.02. The van der Waals surface area contributed by atoms with Crippen LogP contribution < -0.4 is 0 Å². The van der Waals surface area contributed by atoms with E-state index in [4.69, 9.17) is 0 Å². The van der Waals surface area contributed by atoms with Crippen LogP contribution in [0.2, 0.25) is 0 Å². The zero-order valence-electron chi connectivity index (χ0n) is 12.7. The largest absolute Gasteiger partial charge is 0.298 e. The first-order chi connectivity index (χ1) is 10.8. The van der Waals surface area contributed by atoms with Gasteiger partial charge < -0.3 is 0 Å². The number of piperidine rings is 1. The van der Waals surface area contributed by atoms with Crippen LogP contribution in [0.25, 0.3) is 0 Å². The minimum Gasteiger partial charge on any atom is -0.298 e. The van der Waals surface area contributed by atoms with Crippen LogP contribution >= 0.6 is 0 Å². The summed E-state index contributed by atoms with van der Waals surface area (Å²) >= 11 is 0. The van der Waals surface area contributed by atoms with E-state index in [0.29, 0.717) is 11.8 Å². The molecule has 2 heterocycles. The van der Waals surface area contributed by atoms with Crippen molar-refractivity contribution in [1.29, 1.82) is 0 Å². The summed E-state index contributed by atoms with van der Waals surface area (Å²) < 4.78 is 14.3. The molecule has 22 heavy (non-hydrogen) atoms. The second-order valence-electron chi connectivity index (χ2n) is 5.67. The number of rotatable bonds is 6. The first kappa shape index (κ1) is 15.4. The fraction of sp³-hybridized carbons (Fsp3) is 0.500. The van der Waals surface area contributed by atoms with Crippen molar-refractivity contribution in [1.82, 2.24) is 19.7 Å². The maximum atomic E-state index is 12.4. The molecule has 2 aromatic rings. The summed E-state index contributed by atoms with van der Waals surface area (Å²) in [4.78, 5) is 7.40. The third kappa shape index (κ3) is 4.01. The normalized spacial score (nSPS) is 20.8. The molecule has 0 amide bonds. The zero-order chi connectivity index (χ0) is 15.2. The fourth-order valence-corrected chi connectivity index (χ4v) is 4.09. The number of aromatic nitrogens is 3. The summed E-state index contributed by atoms with van der Waals surface area (Å²) in [6.45, 7) is 2.84. The molecule has 2 atom stereocenters. The van der Waals surface area contributed by atoms with Crippen LogP contribution in [-0.2, 0) is 17.3 Å². The summed E-state index contributed by atoms with van der Waals surface area (Å²) in [7, 11) is -0.915. The molecular formula is C16H22N4OS. The van der Waals surface area contributed by atoms with Crippen molar-refractivity contribution >= 4 is 10.8 Å². The molecule has 5 nitrogen and oxygen atoms in total. The van der Waals surface area contributed by atoms with Gasteiger partial charge in [-0.25, -0.2) is 4.98 Å². The highest BCUT2D eigenvalue weighted by atomic mass is 32.2. The van der Waals surface area contributed by atoms with E-state index >= 15 is 0 Å². The molecule has 1 aromatic carbocycles. The average molecular weight is 318 g/mol. The van der Waals surface area contributed by atoms with Gasteiger partial charge in [-0.15, -0.1) is 0 Å². The van der Waals surface area contributed by atoms with E-state index in [9.17, 15) is 4.21 Å². The SMILES string of the molecule is O=[S@](CCN1CCCC[C@H]1Cn1cncn1)c1ccccc1. The van der Waals surface area contributed by atoms with Crippen molar-refractivity contribution < 1.29 is 4.21 Å². The standard InChI is InChI=1S/C16H22N4OS/c21-22(16-7-2-1-3-8-16)11-10-19-9-5-4-6-15(19)12-20-14-17-13-18-20/h1-3,7-8,13-15H,4-6,9-12H2/t15-,22+/m0/s1.